The fourth-order valence-electron chi connectivity index (χ4n) is 4.28. The Hall–Kier alpha value is -2.14. The van der Waals surface area contributed by atoms with Gasteiger partial charge in [0.15, 0.2) is 0 Å². The third-order valence-electron chi connectivity index (χ3n) is 6.18. The summed E-state index contributed by atoms with van der Waals surface area (Å²) in [6.07, 6.45) is 10.9. The van der Waals surface area contributed by atoms with Gasteiger partial charge in [0.1, 0.15) is 5.75 Å². The Morgan fingerprint density at radius 1 is 1.03 bits per heavy atom. The van der Waals surface area contributed by atoms with E-state index < -0.39 is 0 Å². The fourth-order valence-corrected chi connectivity index (χ4v) is 4.28. The first-order valence-electron chi connectivity index (χ1n) is 12.2. The van der Waals surface area contributed by atoms with Gasteiger partial charge in [-0.05, 0) is 76.2 Å². The van der Waals surface area contributed by atoms with E-state index in [1.54, 1.807) is 0 Å². The van der Waals surface area contributed by atoms with Gasteiger partial charge >= 0.3 is 11.9 Å². The summed E-state index contributed by atoms with van der Waals surface area (Å²) in [5, 5.41) is 0. The van der Waals surface area contributed by atoms with E-state index in [1.165, 1.54) is 25.7 Å². The van der Waals surface area contributed by atoms with Crippen molar-refractivity contribution in [3.63, 3.8) is 0 Å². The number of benzene rings is 1. The average molecular weight is 444 g/mol. The highest BCUT2D eigenvalue weighted by Crippen LogP contribution is 2.33. The topological polar surface area (TPSA) is 55.8 Å². The summed E-state index contributed by atoms with van der Waals surface area (Å²) in [5.41, 5.74) is 1.59. The smallest absolute Gasteiger partial charge is 0.334 e. The van der Waals surface area contributed by atoms with Crippen LogP contribution < -0.4 is 4.74 Å². The van der Waals surface area contributed by atoms with Gasteiger partial charge in [-0.1, -0.05) is 51.3 Å². The van der Waals surface area contributed by atoms with Crippen molar-refractivity contribution in [1.82, 2.24) is 4.90 Å². The summed E-state index contributed by atoms with van der Waals surface area (Å²) in [6.45, 7) is 6.86. The van der Waals surface area contributed by atoms with Gasteiger partial charge in [-0.3, -0.25) is 4.79 Å². The molecule has 1 aliphatic carbocycles. The first-order chi connectivity index (χ1) is 15.4. The molecule has 1 aromatic rings. The summed E-state index contributed by atoms with van der Waals surface area (Å²) < 4.78 is 10.9. The first-order valence-corrected chi connectivity index (χ1v) is 12.2. The summed E-state index contributed by atoms with van der Waals surface area (Å²) >= 11 is 0. The minimum absolute atomic E-state index is 0.0361. The van der Waals surface area contributed by atoms with Crippen LogP contribution in [0.4, 0.5) is 0 Å². The number of likely N-dealkylation sites (N-methyl/N-ethyl adjacent to an activating group) is 1. The van der Waals surface area contributed by atoms with E-state index in [-0.39, 0.29) is 17.9 Å². The molecule has 1 aromatic carbocycles. The molecule has 1 saturated carbocycles. The van der Waals surface area contributed by atoms with Crippen LogP contribution in [0.5, 0.6) is 5.75 Å². The highest BCUT2D eigenvalue weighted by Gasteiger charge is 2.27. The quantitative estimate of drug-likeness (QED) is 0.173. The molecule has 5 heteroatoms. The zero-order valence-corrected chi connectivity index (χ0v) is 20.2. The van der Waals surface area contributed by atoms with Crippen LogP contribution >= 0.6 is 0 Å². The van der Waals surface area contributed by atoms with Crippen molar-refractivity contribution < 1.29 is 19.1 Å². The van der Waals surface area contributed by atoms with Crippen LogP contribution in [0.25, 0.3) is 0 Å². The summed E-state index contributed by atoms with van der Waals surface area (Å²) in [7, 11) is 3.78. The number of rotatable bonds is 13. The Morgan fingerprint density at radius 3 is 2.34 bits per heavy atom. The number of aryl methyl sites for hydroxylation is 1. The molecule has 1 aliphatic rings. The van der Waals surface area contributed by atoms with Gasteiger partial charge in [0.2, 0.25) is 0 Å². The van der Waals surface area contributed by atoms with Crippen LogP contribution in [0.15, 0.2) is 36.4 Å². The average Bonchev–Trinajstić information content (AvgIpc) is 2.77. The van der Waals surface area contributed by atoms with Gasteiger partial charge in [0.05, 0.1) is 12.5 Å². The Kier molecular flexibility index (Phi) is 11.5. The lowest BCUT2D eigenvalue weighted by atomic mass is 9.80. The lowest BCUT2D eigenvalue weighted by molar-refractivity contribution is -0.140. The molecular weight excluding hydrogens is 402 g/mol. The molecular formula is C27H41NO4. The highest BCUT2D eigenvalue weighted by molar-refractivity contribution is 5.88. The van der Waals surface area contributed by atoms with E-state index in [1.807, 2.05) is 43.3 Å². The van der Waals surface area contributed by atoms with Gasteiger partial charge in [0.25, 0.3) is 0 Å². The van der Waals surface area contributed by atoms with Gasteiger partial charge in [-0.2, -0.15) is 0 Å². The molecule has 0 bridgehead atoms. The third-order valence-corrected chi connectivity index (χ3v) is 6.18. The second kappa shape index (κ2) is 14.1. The van der Waals surface area contributed by atoms with Crippen molar-refractivity contribution in [1.29, 1.82) is 0 Å². The maximum atomic E-state index is 12.5. The molecule has 32 heavy (non-hydrogen) atoms. The lowest BCUT2D eigenvalue weighted by Crippen LogP contribution is -2.25. The van der Waals surface area contributed by atoms with Crippen molar-refractivity contribution in [2.24, 2.45) is 11.8 Å². The molecule has 0 N–H and O–H groups in total. The zero-order chi connectivity index (χ0) is 23.3. The van der Waals surface area contributed by atoms with Crippen molar-refractivity contribution in [2.45, 2.75) is 71.1 Å². The Balaban J connectivity index is 1.65. The van der Waals surface area contributed by atoms with E-state index in [2.05, 4.69) is 13.5 Å². The molecule has 5 nitrogen and oxygen atoms in total. The molecule has 178 valence electrons. The minimum atomic E-state index is -0.337. The van der Waals surface area contributed by atoms with Crippen LogP contribution in [0.3, 0.4) is 0 Å². The zero-order valence-electron chi connectivity index (χ0n) is 20.2. The lowest BCUT2D eigenvalue weighted by Gasteiger charge is -2.27. The van der Waals surface area contributed by atoms with Crippen LogP contribution in [0.2, 0.25) is 0 Å². The number of carbonyl (C=O) groups excluding carboxylic acids is 2. The summed E-state index contributed by atoms with van der Waals surface area (Å²) in [6, 6.07) is 7.66. The van der Waals surface area contributed by atoms with Crippen molar-refractivity contribution in [3.8, 4) is 5.75 Å². The first kappa shape index (κ1) is 26.1. The van der Waals surface area contributed by atoms with Crippen molar-refractivity contribution >= 4 is 11.9 Å². The molecule has 0 aliphatic heterocycles. The van der Waals surface area contributed by atoms with Gasteiger partial charge in [-0.15, -0.1) is 0 Å². The van der Waals surface area contributed by atoms with Gasteiger partial charge in [-0.25, -0.2) is 4.79 Å². The van der Waals surface area contributed by atoms with Gasteiger partial charge in [0, 0.05) is 12.1 Å². The second-order valence-corrected chi connectivity index (χ2v) is 9.36. The van der Waals surface area contributed by atoms with Crippen LogP contribution in [-0.4, -0.2) is 44.1 Å². The molecule has 0 aromatic heterocycles. The van der Waals surface area contributed by atoms with Crippen LogP contribution in [-0.2, 0) is 20.7 Å². The van der Waals surface area contributed by atoms with Crippen molar-refractivity contribution in [3.05, 3.63) is 42.0 Å². The second-order valence-electron chi connectivity index (χ2n) is 9.36. The van der Waals surface area contributed by atoms with E-state index in [0.29, 0.717) is 24.5 Å². The standard InChI is InChI=1S/C27H41NO4/c1-5-6-7-9-22-11-15-24(16-12-22)27(30)32-25-17-13-23(14-18-25)10-8-19-31-26(29)21(2)20-28(3)4/h13-14,17-18,22,24H,2,5-12,15-16,19-20H2,1,3-4H3. The maximum absolute atomic E-state index is 12.5. The minimum Gasteiger partial charge on any atom is -0.462 e. The molecule has 0 saturated heterocycles. The highest BCUT2D eigenvalue weighted by atomic mass is 16.5. The molecule has 2 rings (SSSR count). The van der Waals surface area contributed by atoms with Gasteiger partial charge < -0.3 is 14.4 Å². The van der Waals surface area contributed by atoms with E-state index >= 15 is 0 Å². The van der Waals surface area contributed by atoms with Crippen molar-refractivity contribution in [2.75, 3.05) is 27.2 Å². The number of hydrogen-bond acceptors (Lipinski definition) is 5. The molecule has 0 atom stereocenters. The number of ether oxygens (including phenoxy) is 2. The number of esters is 2. The molecule has 0 spiro atoms. The largest absolute Gasteiger partial charge is 0.462 e. The van der Waals surface area contributed by atoms with Crippen LogP contribution in [0.1, 0.15) is 70.3 Å². The SMILES string of the molecule is C=C(CN(C)C)C(=O)OCCCc1ccc(OC(=O)C2CCC(CCCCC)CC2)cc1. The number of carbonyl (C=O) groups is 2. The monoisotopic (exact) mass is 443 g/mol. The Labute approximate surface area is 194 Å². The van der Waals surface area contributed by atoms with E-state index in [4.69, 9.17) is 9.47 Å². The normalized spacial score (nSPS) is 18.4. The molecule has 0 heterocycles. The predicted octanol–water partition coefficient (Wildman–Crippen LogP) is 5.57. The molecule has 0 unspecified atom stereocenters. The van der Waals surface area contributed by atoms with Crippen LogP contribution in [0, 0.1) is 11.8 Å². The summed E-state index contributed by atoms with van der Waals surface area (Å²) in [4.78, 5) is 26.3. The summed E-state index contributed by atoms with van der Waals surface area (Å²) in [5.74, 6) is 1.00. The van der Waals surface area contributed by atoms with E-state index in [9.17, 15) is 9.59 Å². The number of nitrogens with zero attached hydrogens (tertiary/aromatic N) is 1. The number of hydrogen-bond donors (Lipinski definition) is 0. The molecule has 0 radical (unpaired) electrons. The maximum Gasteiger partial charge on any atom is 0.334 e. The third kappa shape index (κ3) is 9.56. The Bertz CT molecular complexity index is 718. The van der Waals surface area contributed by atoms with E-state index in [0.717, 1.165) is 50.0 Å². The number of unbranched alkanes of at least 4 members (excludes halogenated alkanes) is 2. The predicted molar refractivity (Wildman–Crippen MR) is 129 cm³/mol. The Morgan fingerprint density at radius 2 is 1.72 bits per heavy atom. The fraction of sp³-hybridized carbons (Fsp3) is 0.630. The molecule has 1 fully saturated rings. The molecule has 0 amide bonds.